The fourth-order valence-electron chi connectivity index (χ4n) is 1.86. The second-order valence-electron chi connectivity index (χ2n) is 4.02. The molecule has 1 aromatic heterocycles. The second kappa shape index (κ2) is 7.35. The molecule has 0 atom stereocenters. The van der Waals surface area contributed by atoms with Crippen LogP contribution in [0.4, 0.5) is 4.79 Å². The molecule has 1 aromatic rings. The lowest BCUT2D eigenvalue weighted by Gasteiger charge is -2.11. The normalized spacial score (nSPS) is 10.0. The Morgan fingerprint density at radius 2 is 2.05 bits per heavy atom. The first-order valence-corrected chi connectivity index (χ1v) is 6.35. The van der Waals surface area contributed by atoms with Crippen LogP contribution in [0.15, 0.2) is 17.4 Å². The molecule has 0 saturated carbocycles. The third kappa shape index (κ3) is 3.94. The van der Waals surface area contributed by atoms with Crippen LogP contribution in [0.3, 0.4) is 0 Å². The van der Waals surface area contributed by atoms with E-state index in [0.717, 1.165) is 17.7 Å². The zero-order valence-electron chi connectivity index (χ0n) is 11.4. The zero-order chi connectivity index (χ0) is 14.3. The van der Waals surface area contributed by atoms with Crippen molar-refractivity contribution in [2.45, 2.75) is 33.2 Å². The SMILES string of the molecule is C=CCNC(=O)NCc1c(CC)c(CC)n[nH]c1=O. The molecule has 6 nitrogen and oxygen atoms in total. The van der Waals surface area contributed by atoms with E-state index in [-0.39, 0.29) is 18.1 Å². The van der Waals surface area contributed by atoms with Crippen LogP contribution < -0.4 is 16.2 Å². The smallest absolute Gasteiger partial charge is 0.315 e. The molecule has 1 heterocycles. The van der Waals surface area contributed by atoms with E-state index in [0.29, 0.717) is 18.5 Å². The van der Waals surface area contributed by atoms with Crippen molar-refractivity contribution in [1.29, 1.82) is 0 Å². The highest BCUT2D eigenvalue weighted by Crippen LogP contribution is 2.09. The number of aromatic nitrogens is 2. The number of aromatic amines is 1. The van der Waals surface area contributed by atoms with Gasteiger partial charge in [0.2, 0.25) is 0 Å². The van der Waals surface area contributed by atoms with Crippen LogP contribution in [-0.4, -0.2) is 22.8 Å². The molecule has 0 bridgehead atoms. The maximum absolute atomic E-state index is 11.8. The van der Waals surface area contributed by atoms with E-state index in [1.165, 1.54) is 0 Å². The van der Waals surface area contributed by atoms with E-state index in [2.05, 4.69) is 27.4 Å². The Kier molecular flexibility index (Phi) is 5.78. The van der Waals surface area contributed by atoms with E-state index >= 15 is 0 Å². The van der Waals surface area contributed by atoms with Gasteiger partial charge >= 0.3 is 6.03 Å². The van der Waals surface area contributed by atoms with Crippen LogP contribution in [0.1, 0.15) is 30.7 Å². The van der Waals surface area contributed by atoms with Gasteiger partial charge in [-0.3, -0.25) is 4.79 Å². The fraction of sp³-hybridized carbons (Fsp3) is 0.462. The summed E-state index contributed by atoms with van der Waals surface area (Å²) in [6.45, 7) is 8.04. The summed E-state index contributed by atoms with van der Waals surface area (Å²) in [6, 6.07) is -0.323. The number of carbonyl (C=O) groups excluding carboxylic acids is 1. The number of amides is 2. The van der Waals surface area contributed by atoms with E-state index in [4.69, 9.17) is 0 Å². The summed E-state index contributed by atoms with van der Waals surface area (Å²) < 4.78 is 0. The predicted octanol–water partition coefficient (Wildman–Crippen LogP) is 0.880. The molecule has 0 aliphatic carbocycles. The minimum absolute atomic E-state index is 0.191. The number of hydrogen-bond donors (Lipinski definition) is 3. The summed E-state index contributed by atoms with van der Waals surface area (Å²) in [7, 11) is 0. The van der Waals surface area contributed by atoms with Gasteiger partial charge in [-0.15, -0.1) is 6.58 Å². The molecule has 0 unspecified atom stereocenters. The number of nitrogens with one attached hydrogen (secondary N) is 3. The van der Waals surface area contributed by atoms with Crippen LogP contribution in [0.5, 0.6) is 0 Å². The van der Waals surface area contributed by atoms with Gasteiger partial charge in [0, 0.05) is 12.1 Å². The van der Waals surface area contributed by atoms with Crippen molar-refractivity contribution in [2.24, 2.45) is 0 Å². The first-order chi connectivity index (χ1) is 9.13. The Bertz CT molecular complexity index is 508. The lowest BCUT2D eigenvalue weighted by Crippen LogP contribution is -2.37. The monoisotopic (exact) mass is 264 g/mol. The zero-order valence-corrected chi connectivity index (χ0v) is 11.4. The van der Waals surface area contributed by atoms with Gasteiger partial charge in [-0.05, 0) is 18.4 Å². The molecule has 2 amide bonds. The highest BCUT2D eigenvalue weighted by Gasteiger charge is 2.12. The molecule has 3 N–H and O–H groups in total. The minimum Gasteiger partial charge on any atom is -0.335 e. The Labute approximate surface area is 112 Å². The van der Waals surface area contributed by atoms with Crippen molar-refractivity contribution in [3.05, 3.63) is 39.8 Å². The molecule has 0 radical (unpaired) electrons. The fourth-order valence-corrected chi connectivity index (χ4v) is 1.86. The van der Waals surface area contributed by atoms with Gasteiger partial charge in [-0.1, -0.05) is 19.9 Å². The van der Waals surface area contributed by atoms with E-state index in [1.54, 1.807) is 6.08 Å². The first-order valence-electron chi connectivity index (χ1n) is 6.35. The van der Waals surface area contributed by atoms with Gasteiger partial charge in [0.05, 0.1) is 12.2 Å². The molecule has 0 aliphatic heterocycles. The average molecular weight is 264 g/mol. The quantitative estimate of drug-likeness (QED) is 0.667. The lowest BCUT2D eigenvalue weighted by atomic mass is 10.0. The molecule has 0 saturated heterocycles. The molecule has 6 heteroatoms. The van der Waals surface area contributed by atoms with E-state index in [1.807, 2.05) is 13.8 Å². The Hall–Kier alpha value is -2.11. The Morgan fingerprint density at radius 1 is 1.32 bits per heavy atom. The highest BCUT2D eigenvalue weighted by atomic mass is 16.2. The molecule has 104 valence electrons. The standard InChI is InChI=1S/C13H20N4O2/c1-4-7-14-13(19)15-8-10-9(5-2)11(6-3)16-17-12(10)18/h4H,1,5-8H2,2-3H3,(H,17,18)(H2,14,15,19). The summed E-state index contributed by atoms with van der Waals surface area (Å²) in [5.74, 6) is 0. The van der Waals surface area contributed by atoms with E-state index < -0.39 is 0 Å². The molecule has 0 spiro atoms. The summed E-state index contributed by atoms with van der Waals surface area (Å²) in [5, 5.41) is 11.7. The number of rotatable bonds is 6. The van der Waals surface area contributed by atoms with Crippen molar-refractivity contribution in [3.63, 3.8) is 0 Å². The minimum atomic E-state index is -0.323. The molecular weight excluding hydrogens is 244 g/mol. The average Bonchev–Trinajstić information content (AvgIpc) is 2.43. The van der Waals surface area contributed by atoms with Gasteiger partial charge in [0.15, 0.2) is 0 Å². The van der Waals surface area contributed by atoms with Gasteiger partial charge in [-0.2, -0.15) is 5.10 Å². The van der Waals surface area contributed by atoms with Crippen molar-refractivity contribution in [3.8, 4) is 0 Å². The molecule has 1 rings (SSSR count). The van der Waals surface area contributed by atoms with Gasteiger partial charge < -0.3 is 10.6 Å². The molecule has 19 heavy (non-hydrogen) atoms. The molecular formula is C13H20N4O2. The Morgan fingerprint density at radius 3 is 2.63 bits per heavy atom. The Balaban J connectivity index is 2.85. The van der Waals surface area contributed by atoms with E-state index in [9.17, 15) is 9.59 Å². The topological polar surface area (TPSA) is 86.9 Å². The van der Waals surface area contributed by atoms with Crippen molar-refractivity contribution < 1.29 is 4.79 Å². The predicted molar refractivity (Wildman–Crippen MR) is 74.0 cm³/mol. The third-order valence-electron chi connectivity index (χ3n) is 2.80. The third-order valence-corrected chi connectivity index (χ3v) is 2.80. The highest BCUT2D eigenvalue weighted by molar-refractivity contribution is 5.73. The number of urea groups is 1. The van der Waals surface area contributed by atoms with Crippen molar-refractivity contribution >= 4 is 6.03 Å². The second-order valence-corrected chi connectivity index (χ2v) is 4.02. The number of aryl methyl sites for hydroxylation is 1. The number of nitrogens with zero attached hydrogens (tertiary/aromatic N) is 1. The lowest BCUT2D eigenvalue weighted by molar-refractivity contribution is 0.241. The van der Waals surface area contributed by atoms with Crippen molar-refractivity contribution in [2.75, 3.05) is 6.54 Å². The van der Waals surface area contributed by atoms with Gasteiger partial charge in [-0.25, -0.2) is 9.89 Å². The summed E-state index contributed by atoms with van der Waals surface area (Å²) in [6.07, 6.45) is 3.05. The van der Waals surface area contributed by atoms with Crippen LogP contribution in [0, 0.1) is 0 Å². The first kappa shape index (κ1) is 14.9. The number of H-pyrrole nitrogens is 1. The van der Waals surface area contributed by atoms with Crippen LogP contribution in [0.25, 0.3) is 0 Å². The molecule has 0 aliphatic rings. The van der Waals surface area contributed by atoms with Crippen LogP contribution >= 0.6 is 0 Å². The van der Waals surface area contributed by atoms with Crippen molar-refractivity contribution in [1.82, 2.24) is 20.8 Å². The van der Waals surface area contributed by atoms with Crippen LogP contribution in [-0.2, 0) is 19.4 Å². The number of carbonyl (C=O) groups is 1. The summed E-state index contributed by atoms with van der Waals surface area (Å²) in [4.78, 5) is 23.2. The largest absolute Gasteiger partial charge is 0.335 e. The number of hydrogen-bond acceptors (Lipinski definition) is 3. The molecule has 0 aromatic carbocycles. The molecule has 0 fully saturated rings. The van der Waals surface area contributed by atoms with Gasteiger partial charge in [0.25, 0.3) is 5.56 Å². The summed E-state index contributed by atoms with van der Waals surface area (Å²) in [5.41, 5.74) is 2.10. The maximum Gasteiger partial charge on any atom is 0.315 e. The van der Waals surface area contributed by atoms with Crippen LogP contribution in [0.2, 0.25) is 0 Å². The van der Waals surface area contributed by atoms with Gasteiger partial charge in [0.1, 0.15) is 0 Å². The maximum atomic E-state index is 11.8. The summed E-state index contributed by atoms with van der Waals surface area (Å²) >= 11 is 0.